The Morgan fingerprint density at radius 2 is 1.97 bits per heavy atom. The Balaban J connectivity index is 1.57. The van der Waals surface area contributed by atoms with Gasteiger partial charge in [0.1, 0.15) is 5.76 Å². The number of rotatable bonds is 7. The molecule has 1 atom stereocenters. The first-order valence-electron chi connectivity index (χ1n) is 9.40. The maximum absolute atomic E-state index is 12.7. The molecule has 5 nitrogen and oxygen atoms in total. The minimum absolute atomic E-state index is 0.0397. The van der Waals surface area contributed by atoms with Gasteiger partial charge in [-0.1, -0.05) is 12.1 Å². The van der Waals surface area contributed by atoms with E-state index in [-0.39, 0.29) is 24.8 Å². The summed E-state index contributed by atoms with van der Waals surface area (Å²) in [5, 5.41) is 2.99. The Hall–Kier alpha value is -2.77. The lowest BCUT2D eigenvalue weighted by atomic mass is 9.87. The van der Waals surface area contributed by atoms with E-state index in [2.05, 4.69) is 5.32 Å². The molecule has 1 N–H and O–H groups in total. The second-order valence-corrected chi connectivity index (χ2v) is 7.53. The highest BCUT2D eigenvalue weighted by atomic mass is 19.4. The molecule has 0 spiro atoms. The van der Waals surface area contributed by atoms with E-state index in [0.717, 1.165) is 17.9 Å². The molecule has 0 radical (unpaired) electrons. The van der Waals surface area contributed by atoms with Crippen LogP contribution in [0.1, 0.15) is 42.6 Å². The quantitative estimate of drug-likeness (QED) is 0.755. The van der Waals surface area contributed by atoms with Crippen LogP contribution in [0.3, 0.4) is 0 Å². The lowest BCUT2D eigenvalue weighted by Crippen LogP contribution is -2.44. The van der Waals surface area contributed by atoms with Crippen molar-refractivity contribution >= 4 is 11.8 Å². The van der Waals surface area contributed by atoms with Crippen LogP contribution in [0.5, 0.6) is 0 Å². The molecule has 1 aliphatic rings. The molecule has 0 saturated carbocycles. The van der Waals surface area contributed by atoms with Crippen molar-refractivity contribution in [3.8, 4) is 0 Å². The van der Waals surface area contributed by atoms with Crippen molar-refractivity contribution in [2.75, 3.05) is 7.05 Å². The molecule has 1 aliphatic heterocycles. The van der Waals surface area contributed by atoms with Crippen LogP contribution >= 0.6 is 0 Å². The van der Waals surface area contributed by atoms with E-state index >= 15 is 0 Å². The number of nitrogens with zero attached hydrogens (tertiary/aromatic N) is 1. The number of alkyl halides is 3. The largest absolute Gasteiger partial charge is 0.469 e. The number of halogens is 3. The van der Waals surface area contributed by atoms with Crippen LogP contribution in [0.15, 0.2) is 47.1 Å². The molecule has 29 heavy (non-hydrogen) atoms. The highest BCUT2D eigenvalue weighted by Gasteiger charge is 2.38. The van der Waals surface area contributed by atoms with Gasteiger partial charge in [-0.15, -0.1) is 0 Å². The molecule has 0 aliphatic carbocycles. The third-order valence-electron chi connectivity index (χ3n) is 5.27. The van der Waals surface area contributed by atoms with Crippen LogP contribution in [0.2, 0.25) is 0 Å². The molecule has 8 heteroatoms. The van der Waals surface area contributed by atoms with Gasteiger partial charge in [-0.25, -0.2) is 0 Å². The zero-order chi connectivity index (χ0) is 21.1. The monoisotopic (exact) mass is 408 g/mol. The van der Waals surface area contributed by atoms with Crippen molar-refractivity contribution in [1.29, 1.82) is 0 Å². The van der Waals surface area contributed by atoms with E-state index in [9.17, 15) is 22.8 Å². The molecule has 1 saturated heterocycles. The zero-order valence-corrected chi connectivity index (χ0v) is 16.1. The Kier molecular flexibility index (Phi) is 6.00. The van der Waals surface area contributed by atoms with Crippen molar-refractivity contribution in [2.24, 2.45) is 0 Å². The maximum atomic E-state index is 12.7. The smallest absolute Gasteiger partial charge is 0.416 e. The van der Waals surface area contributed by atoms with Gasteiger partial charge in [0.15, 0.2) is 0 Å². The minimum atomic E-state index is -4.38. The fourth-order valence-electron chi connectivity index (χ4n) is 3.63. The Bertz CT molecular complexity index is 847. The lowest BCUT2D eigenvalue weighted by molar-refractivity contribution is -0.137. The summed E-state index contributed by atoms with van der Waals surface area (Å²) in [6.07, 6.45) is -0.564. The third-order valence-corrected chi connectivity index (χ3v) is 5.27. The van der Waals surface area contributed by atoms with Crippen LogP contribution < -0.4 is 5.32 Å². The van der Waals surface area contributed by atoms with Gasteiger partial charge in [-0.05, 0) is 42.7 Å². The van der Waals surface area contributed by atoms with Gasteiger partial charge in [0.25, 0.3) is 0 Å². The molecular formula is C21H23F3N2O3. The molecule has 3 rings (SSSR count). The number of hydrogen-bond acceptors (Lipinski definition) is 3. The van der Waals surface area contributed by atoms with Crippen LogP contribution in [0.4, 0.5) is 13.2 Å². The van der Waals surface area contributed by atoms with E-state index in [1.807, 2.05) is 6.07 Å². The number of hydrogen-bond donors (Lipinski definition) is 1. The van der Waals surface area contributed by atoms with E-state index in [0.29, 0.717) is 31.2 Å². The van der Waals surface area contributed by atoms with Crippen molar-refractivity contribution in [3.05, 3.63) is 59.5 Å². The maximum Gasteiger partial charge on any atom is 0.416 e. The summed E-state index contributed by atoms with van der Waals surface area (Å²) in [5.74, 6) is 0.574. The molecule has 1 unspecified atom stereocenters. The van der Waals surface area contributed by atoms with Crippen molar-refractivity contribution in [1.82, 2.24) is 10.2 Å². The Morgan fingerprint density at radius 3 is 2.52 bits per heavy atom. The van der Waals surface area contributed by atoms with E-state index in [1.165, 1.54) is 17.0 Å². The molecule has 2 aromatic rings. The van der Waals surface area contributed by atoms with Gasteiger partial charge < -0.3 is 14.6 Å². The first kappa shape index (κ1) is 21.0. The molecule has 156 valence electrons. The van der Waals surface area contributed by atoms with E-state index in [1.54, 1.807) is 19.4 Å². The van der Waals surface area contributed by atoms with Crippen molar-refractivity contribution in [2.45, 2.75) is 50.4 Å². The summed E-state index contributed by atoms with van der Waals surface area (Å²) >= 11 is 0. The van der Waals surface area contributed by atoms with Crippen molar-refractivity contribution < 1.29 is 27.2 Å². The summed E-state index contributed by atoms with van der Waals surface area (Å²) in [6, 6.07) is 8.40. The van der Waals surface area contributed by atoms with Crippen LogP contribution in [-0.4, -0.2) is 29.3 Å². The standard InChI is InChI=1S/C21H23F3N2O3/c1-26(14-15-4-6-16(7-5-15)21(22,23)24)19(28)9-11-20(10-8-18(27)25-20)13-17-3-2-12-29-17/h2-7,12H,8-11,13-14H2,1H3,(H,25,27). The fraction of sp³-hybridized carbons (Fsp3) is 0.429. The zero-order valence-electron chi connectivity index (χ0n) is 16.1. The first-order chi connectivity index (χ1) is 13.7. The average Bonchev–Trinajstić information content (AvgIpc) is 3.30. The fourth-order valence-corrected chi connectivity index (χ4v) is 3.63. The number of nitrogens with one attached hydrogen (secondary N) is 1. The summed E-state index contributed by atoms with van der Waals surface area (Å²) in [5.41, 5.74) is -0.611. The number of carbonyl (C=O) groups is 2. The predicted molar refractivity (Wildman–Crippen MR) is 99.7 cm³/mol. The molecule has 0 bridgehead atoms. The van der Waals surface area contributed by atoms with Gasteiger partial charge in [0, 0.05) is 38.4 Å². The number of carbonyl (C=O) groups excluding carboxylic acids is 2. The predicted octanol–water partition coefficient (Wildman–Crippen LogP) is 3.93. The molecule has 1 aromatic carbocycles. The summed E-state index contributed by atoms with van der Waals surface area (Å²) in [6.45, 7) is 0.217. The van der Waals surface area contributed by atoms with Gasteiger partial charge in [0.2, 0.25) is 11.8 Å². The van der Waals surface area contributed by atoms with E-state index in [4.69, 9.17) is 4.42 Å². The van der Waals surface area contributed by atoms with Gasteiger partial charge in [-0.3, -0.25) is 9.59 Å². The van der Waals surface area contributed by atoms with Crippen LogP contribution in [0.25, 0.3) is 0 Å². The second kappa shape index (κ2) is 8.31. The first-order valence-corrected chi connectivity index (χ1v) is 9.40. The summed E-state index contributed by atoms with van der Waals surface area (Å²) in [4.78, 5) is 25.8. The topological polar surface area (TPSA) is 62.6 Å². The summed E-state index contributed by atoms with van der Waals surface area (Å²) in [7, 11) is 1.62. The van der Waals surface area contributed by atoms with Crippen molar-refractivity contribution in [3.63, 3.8) is 0 Å². The van der Waals surface area contributed by atoms with Gasteiger partial charge >= 0.3 is 6.18 Å². The molecular weight excluding hydrogens is 385 g/mol. The summed E-state index contributed by atoms with van der Waals surface area (Å²) < 4.78 is 43.4. The SMILES string of the molecule is CN(Cc1ccc(C(F)(F)F)cc1)C(=O)CCC1(Cc2ccco2)CCC(=O)N1. The van der Waals surface area contributed by atoms with Gasteiger partial charge in [-0.2, -0.15) is 13.2 Å². The van der Waals surface area contributed by atoms with Crippen LogP contribution in [-0.2, 0) is 28.7 Å². The highest BCUT2D eigenvalue weighted by molar-refractivity contribution is 5.80. The Morgan fingerprint density at radius 1 is 1.24 bits per heavy atom. The Labute approximate surface area is 166 Å². The normalized spacial score (nSPS) is 19.2. The molecule has 2 amide bonds. The third kappa shape index (κ3) is 5.40. The number of benzene rings is 1. The highest BCUT2D eigenvalue weighted by Crippen LogP contribution is 2.31. The molecule has 2 heterocycles. The van der Waals surface area contributed by atoms with Gasteiger partial charge in [0.05, 0.1) is 11.8 Å². The molecule has 1 aromatic heterocycles. The molecule has 1 fully saturated rings. The number of furan rings is 1. The average molecular weight is 408 g/mol. The minimum Gasteiger partial charge on any atom is -0.469 e. The lowest BCUT2D eigenvalue weighted by Gasteiger charge is -2.29. The van der Waals surface area contributed by atoms with E-state index < -0.39 is 17.3 Å². The number of amides is 2. The van der Waals surface area contributed by atoms with Crippen LogP contribution in [0, 0.1) is 0 Å². The second-order valence-electron chi connectivity index (χ2n) is 7.53.